The maximum atomic E-state index is 13.8. The minimum Gasteiger partial charge on any atom is -0.382 e. The molecule has 0 amide bonds. The smallest absolute Gasteiger partial charge is 0.222 e. The maximum Gasteiger partial charge on any atom is 0.222 e. The second-order valence-corrected chi connectivity index (χ2v) is 4.30. The third-order valence-corrected chi connectivity index (χ3v) is 3.04. The second-order valence-electron chi connectivity index (χ2n) is 4.30. The van der Waals surface area contributed by atoms with E-state index in [4.69, 9.17) is 11.5 Å². The summed E-state index contributed by atoms with van der Waals surface area (Å²) in [5.41, 5.74) is 12.5. The molecule has 1 aromatic carbocycles. The first-order chi connectivity index (χ1) is 10.1. The van der Waals surface area contributed by atoms with Crippen molar-refractivity contribution < 1.29 is 4.39 Å². The van der Waals surface area contributed by atoms with Gasteiger partial charge in [0, 0.05) is 17.1 Å². The number of nitriles is 1. The van der Waals surface area contributed by atoms with Crippen molar-refractivity contribution in [1.29, 1.82) is 5.26 Å². The van der Waals surface area contributed by atoms with E-state index in [1.54, 1.807) is 12.1 Å². The van der Waals surface area contributed by atoms with Gasteiger partial charge in [-0.15, -0.1) is 0 Å². The van der Waals surface area contributed by atoms with Crippen molar-refractivity contribution in [2.75, 3.05) is 11.5 Å². The van der Waals surface area contributed by atoms with Crippen LogP contribution in [0.2, 0.25) is 0 Å². The van der Waals surface area contributed by atoms with Gasteiger partial charge in [0.2, 0.25) is 5.95 Å². The minimum absolute atomic E-state index is 0.0200. The van der Waals surface area contributed by atoms with Gasteiger partial charge in [-0.1, -0.05) is 0 Å². The number of aromatic nitrogens is 3. The van der Waals surface area contributed by atoms with Gasteiger partial charge < -0.3 is 11.5 Å². The Kier molecular flexibility index (Phi) is 2.84. The number of hydrogen-bond acceptors (Lipinski definition) is 6. The van der Waals surface area contributed by atoms with Gasteiger partial charge in [-0.2, -0.15) is 10.2 Å². The summed E-state index contributed by atoms with van der Waals surface area (Å²) in [7, 11) is 0. The molecule has 0 saturated heterocycles. The van der Waals surface area contributed by atoms with Gasteiger partial charge >= 0.3 is 0 Å². The molecule has 21 heavy (non-hydrogen) atoms. The molecule has 0 bridgehead atoms. The summed E-state index contributed by atoms with van der Waals surface area (Å²) in [6.45, 7) is 0. The number of nitrogens with two attached hydrogens (primary N) is 2. The first-order valence-electron chi connectivity index (χ1n) is 5.98. The van der Waals surface area contributed by atoms with Crippen LogP contribution in [0.5, 0.6) is 0 Å². The van der Waals surface area contributed by atoms with Gasteiger partial charge in [0.1, 0.15) is 23.3 Å². The van der Waals surface area contributed by atoms with Crippen molar-refractivity contribution in [2.45, 2.75) is 0 Å². The highest BCUT2D eigenvalue weighted by molar-refractivity contribution is 5.95. The average Bonchev–Trinajstić information content (AvgIpc) is 2.47. The fourth-order valence-corrected chi connectivity index (χ4v) is 2.13. The van der Waals surface area contributed by atoms with E-state index in [0.717, 1.165) is 0 Å². The molecule has 0 atom stereocenters. The molecule has 0 fully saturated rings. The van der Waals surface area contributed by atoms with E-state index in [-0.39, 0.29) is 23.0 Å². The third kappa shape index (κ3) is 1.99. The lowest BCUT2D eigenvalue weighted by Crippen LogP contribution is -2.05. The molecule has 2 aromatic heterocycles. The Morgan fingerprint density at radius 1 is 1.14 bits per heavy atom. The van der Waals surface area contributed by atoms with E-state index in [0.29, 0.717) is 16.5 Å². The van der Waals surface area contributed by atoms with Crippen LogP contribution in [0.1, 0.15) is 5.56 Å². The SMILES string of the molecule is N#Cc1c(N)nc(N)nc1-c1ccc(F)c2cccnc12. The zero-order valence-electron chi connectivity index (χ0n) is 10.7. The highest BCUT2D eigenvalue weighted by atomic mass is 19.1. The highest BCUT2D eigenvalue weighted by Gasteiger charge is 2.17. The van der Waals surface area contributed by atoms with Crippen LogP contribution in [0.4, 0.5) is 16.2 Å². The minimum atomic E-state index is -0.407. The maximum absolute atomic E-state index is 13.8. The third-order valence-electron chi connectivity index (χ3n) is 3.04. The fourth-order valence-electron chi connectivity index (χ4n) is 2.13. The van der Waals surface area contributed by atoms with Crippen LogP contribution in [0.15, 0.2) is 30.5 Å². The van der Waals surface area contributed by atoms with Crippen molar-refractivity contribution in [2.24, 2.45) is 0 Å². The van der Waals surface area contributed by atoms with Crippen LogP contribution in [-0.2, 0) is 0 Å². The Labute approximate surface area is 118 Å². The lowest BCUT2D eigenvalue weighted by atomic mass is 10.0. The molecular weight excluding hydrogens is 271 g/mol. The molecule has 0 saturated carbocycles. The van der Waals surface area contributed by atoms with E-state index in [9.17, 15) is 9.65 Å². The Hall–Kier alpha value is -3.27. The van der Waals surface area contributed by atoms with Crippen LogP contribution in [0, 0.1) is 17.1 Å². The molecule has 7 heteroatoms. The van der Waals surface area contributed by atoms with E-state index in [2.05, 4.69) is 15.0 Å². The average molecular weight is 280 g/mol. The van der Waals surface area contributed by atoms with Crippen LogP contribution in [-0.4, -0.2) is 15.0 Å². The van der Waals surface area contributed by atoms with Gasteiger partial charge in [-0.05, 0) is 24.3 Å². The second kappa shape index (κ2) is 4.68. The number of rotatable bonds is 1. The van der Waals surface area contributed by atoms with Crippen molar-refractivity contribution in [1.82, 2.24) is 15.0 Å². The zero-order chi connectivity index (χ0) is 15.0. The van der Waals surface area contributed by atoms with Gasteiger partial charge in [0.15, 0.2) is 0 Å². The summed E-state index contributed by atoms with van der Waals surface area (Å²) in [5.74, 6) is -0.487. The number of benzene rings is 1. The number of fused-ring (bicyclic) bond motifs is 1. The number of halogens is 1. The van der Waals surface area contributed by atoms with Gasteiger partial charge in [-0.3, -0.25) is 4.98 Å². The molecule has 0 aliphatic rings. The van der Waals surface area contributed by atoms with E-state index in [1.165, 1.54) is 18.3 Å². The first kappa shape index (κ1) is 12.7. The normalized spacial score (nSPS) is 10.5. The molecule has 0 aliphatic heterocycles. The van der Waals surface area contributed by atoms with E-state index < -0.39 is 5.82 Å². The Balaban J connectivity index is 2.42. The van der Waals surface area contributed by atoms with Crippen LogP contribution >= 0.6 is 0 Å². The summed E-state index contributed by atoms with van der Waals surface area (Å²) in [4.78, 5) is 12.0. The largest absolute Gasteiger partial charge is 0.382 e. The topological polar surface area (TPSA) is 114 Å². The molecule has 2 heterocycles. The van der Waals surface area contributed by atoms with Crippen molar-refractivity contribution >= 4 is 22.7 Å². The molecule has 0 spiro atoms. The number of anilines is 2. The van der Waals surface area contributed by atoms with Crippen LogP contribution in [0.3, 0.4) is 0 Å². The van der Waals surface area contributed by atoms with Gasteiger partial charge in [0.05, 0.1) is 11.2 Å². The summed E-state index contributed by atoms with van der Waals surface area (Å²) >= 11 is 0. The molecule has 6 nitrogen and oxygen atoms in total. The van der Waals surface area contributed by atoms with Gasteiger partial charge in [-0.25, -0.2) is 9.37 Å². The lowest BCUT2D eigenvalue weighted by Gasteiger charge is -2.09. The quantitative estimate of drug-likeness (QED) is 0.703. The Morgan fingerprint density at radius 3 is 2.71 bits per heavy atom. The van der Waals surface area contributed by atoms with Crippen molar-refractivity contribution in [3.63, 3.8) is 0 Å². The summed E-state index contributed by atoms with van der Waals surface area (Å²) < 4.78 is 13.8. The monoisotopic (exact) mass is 280 g/mol. The van der Waals surface area contributed by atoms with Crippen molar-refractivity contribution in [3.05, 3.63) is 41.8 Å². The molecule has 3 aromatic rings. The van der Waals surface area contributed by atoms with Crippen molar-refractivity contribution in [3.8, 4) is 17.3 Å². The Bertz CT molecular complexity index is 900. The van der Waals surface area contributed by atoms with E-state index >= 15 is 0 Å². The number of nitrogens with zero attached hydrogens (tertiary/aromatic N) is 4. The van der Waals surface area contributed by atoms with Crippen LogP contribution < -0.4 is 11.5 Å². The molecular formula is C14H9FN6. The molecule has 3 rings (SSSR count). The fraction of sp³-hybridized carbons (Fsp3) is 0. The highest BCUT2D eigenvalue weighted by Crippen LogP contribution is 2.31. The molecule has 0 aliphatic carbocycles. The molecule has 0 unspecified atom stereocenters. The zero-order valence-corrected chi connectivity index (χ0v) is 10.7. The predicted molar refractivity (Wildman–Crippen MR) is 76.3 cm³/mol. The molecule has 102 valence electrons. The number of pyridine rings is 1. The van der Waals surface area contributed by atoms with Gasteiger partial charge in [0.25, 0.3) is 0 Å². The Morgan fingerprint density at radius 2 is 1.95 bits per heavy atom. The van der Waals surface area contributed by atoms with Crippen LogP contribution in [0.25, 0.3) is 22.2 Å². The number of hydrogen-bond donors (Lipinski definition) is 2. The lowest BCUT2D eigenvalue weighted by molar-refractivity contribution is 0.639. The first-order valence-corrected chi connectivity index (χ1v) is 5.98. The predicted octanol–water partition coefficient (Wildman–Crippen LogP) is 1.87. The summed E-state index contributed by atoms with van der Waals surface area (Å²) in [6.07, 6.45) is 1.53. The number of nitrogen functional groups attached to an aromatic ring is 2. The summed E-state index contributed by atoms with van der Waals surface area (Å²) in [6, 6.07) is 7.95. The molecule has 0 radical (unpaired) electrons. The molecule has 4 N–H and O–H groups in total. The summed E-state index contributed by atoms with van der Waals surface area (Å²) in [5, 5.41) is 9.56. The standard InChI is InChI=1S/C14H9FN6/c15-10-4-3-8(11-7(10)2-1-5-19-11)12-9(6-16)13(17)21-14(18)20-12/h1-5H,(H4,17,18,20,21). The van der Waals surface area contributed by atoms with E-state index in [1.807, 2.05) is 6.07 Å².